The van der Waals surface area contributed by atoms with Crippen LogP contribution >= 0.6 is 0 Å². The number of allylic oxidation sites excluding steroid dienone is 1. The molecule has 206 valence electrons. The number of amides is 1. The fourth-order valence-electron chi connectivity index (χ4n) is 4.30. The summed E-state index contributed by atoms with van der Waals surface area (Å²) in [6.07, 6.45) is 2.89. The van der Waals surface area contributed by atoms with Gasteiger partial charge in [-0.2, -0.15) is 0 Å². The van der Waals surface area contributed by atoms with Gasteiger partial charge in [-0.3, -0.25) is 4.79 Å². The minimum Gasteiger partial charge on any atom is -0.494 e. The van der Waals surface area contributed by atoms with Crippen LogP contribution in [0.1, 0.15) is 49.2 Å². The van der Waals surface area contributed by atoms with E-state index >= 15 is 0 Å². The number of halogens is 1. The molecule has 1 aliphatic heterocycles. The molecule has 0 bridgehead atoms. The van der Waals surface area contributed by atoms with Crippen LogP contribution in [0.4, 0.5) is 15.8 Å². The van der Waals surface area contributed by atoms with Gasteiger partial charge in [0, 0.05) is 48.8 Å². The third-order valence-electron chi connectivity index (χ3n) is 5.96. The Labute approximate surface area is 225 Å². The second-order valence-corrected chi connectivity index (χ2v) is 10.3. The smallest absolute Gasteiger partial charge is 0.251 e. The predicted octanol–water partition coefficient (Wildman–Crippen LogP) is 5.05. The summed E-state index contributed by atoms with van der Waals surface area (Å²) in [7, 11) is 2.87. The topological polar surface area (TPSA) is 87.2 Å². The number of carbonyl (C=O) groups is 1. The Morgan fingerprint density at radius 2 is 1.87 bits per heavy atom. The molecule has 1 heterocycles. The van der Waals surface area contributed by atoms with E-state index in [9.17, 15) is 9.18 Å². The molecule has 2 aromatic rings. The Morgan fingerprint density at radius 3 is 2.42 bits per heavy atom. The van der Waals surface area contributed by atoms with Gasteiger partial charge < -0.3 is 30.3 Å². The minimum atomic E-state index is -0.569. The van der Waals surface area contributed by atoms with Crippen LogP contribution in [-0.4, -0.2) is 45.7 Å². The Hall–Kier alpha value is -3.75. The number of ether oxygens (including phenoxy) is 2. The highest BCUT2D eigenvalue weighted by atomic mass is 19.1. The van der Waals surface area contributed by atoms with Crippen molar-refractivity contribution < 1.29 is 18.7 Å². The molecule has 0 aliphatic carbocycles. The largest absolute Gasteiger partial charge is 0.494 e. The fourth-order valence-corrected chi connectivity index (χ4v) is 4.30. The molecule has 38 heavy (non-hydrogen) atoms. The number of methoxy groups -OCH3 is 1. The van der Waals surface area contributed by atoms with Crippen LogP contribution in [-0.2, 0) is 11.3 Å². The van der Waals surface area contributed by atoms with E-state index in [4.69, 9.17) is 9.47 Å². The summed E-state index contributed by atoms with van der Waals surface area (Å²) in [5.74, 6) is 0.670. The first kappa shape index (κ1) is 28.8. The Balaban J connectivity index is 1.61. The monoisotopic (exact) mass is 525 g/mol. The Bertz CT molecular complexity index is 1170. The molecule has 2 aromatic carbocycles. The van der Waals surface area contributed by atoms with Crippen molar-refractivity contribution in [3.05, 3.63) is 64.8 Å². The van der Waals surface area contributed by atoms with E-state index in [-0.39, 0.29) is 35.7 Å². The van der Waals surface area contributed by atoms with Crippen LogP contribution in [0.15, 0.2) is 47.3 Å². The number of carbonyl (C=O) groups excluding carboxylic acids is 1. The number of aliphatic imine (C=N–C) groups is 1. The lowest BCUT2D eigenvalue weighted by atomic mass is 10.1. The molecule has 1 aliphatic rings. The van der Waals surface area contributed by atoms with Crippen molar-refractivity contribution in [1.82, 2.24) is 10.6 Å². The first-order valence-electron chi connectivity index (χ1n) is 12.9. The highest BCUT2D eigenvalue weighted by Gasteiger charge is 2.17. The SMILES string of the molecule is CNC(=O)c1cc(COC2=CNC(Nc3ccc(N(CC(C)C)CC(C)C)c(C)c3)N=C2)c(F)c(OC)c1. The molecular weight excluding hydrogens is 485 g/mol. The maximum absolute atomic E-state index is 14.7. The third-order valence-corrected chi connectivity index (χ3v) is 5.96. The molecule has 0 radical (unpaired) electrons. The fraction of sp³-hybridized carbons (Fsp3) is 0.448. The van der Waals surface area contributed by atoms with Crippen molar-refractivity contribution in [3.63, 3.8) is 0 Å². The highest BCUT2D eigenvalue weighted by molar-refractivity contribution is 5.94. The van der Waals surface area contributed by atoms with Crippen molar-refractivity contribution in [2.75, 3.05) is 37.5 Å². The molecule has 1 amide bonds. The number of anilines is 2. The van der Waals surface area contributed by atoms with Crippen molar-refractivity contribution >= 4 is 23.5 Å². The second kappa shape index (κ2) is 13.2. The molecule has 0 saturated heterocycles. The van der Waals surface area contributed by atoms with Gasteiger partial charge in [-0.15, -0.1) is 0 Å². The number of nitrogens with zero attached hydrogens (tertiary/aromatic N) is 2. The van der Waals surface area contributed by atoms with Crippen molar-refractivity contribution in [2.45, 2.75) is 47.5 Å². The molecule has 9 heteroatoms. The van der Waals surface area contributed by atoms with Gasteiger partial charge in [0.1, 0.15) is 6.61 Å². The summed E-state index contributed by atoms with van der Waals surface area (Å²) in [4.78, 5) is 18.9. The number of benzene rings is 2. The normalized spacial score (nSPS) is 14.7. The Morgan fingerprint density at radius 1 is 1.16 bits per heavy atom. The Kier molecular flexibility index (Phi) is 9.98. The standard InChI is InChI=1S/C29H40FN5O3/c1-18(2)15-35(16-19(3)4)25-9-8-23(10-20(25)5)34-29-32-13-24(14-33-29)38-17-22-11-21(28(36)31-6)12-26(37-7)27(22)30/h8-14,18-19,29,32,34H,15-17H2,1-7H3,(H,31,36). The molecule has 8 nitrogen and oxygen atoms in total. The van der Waals surface area contributed by atoms with Gasteiger partial charge in [-0.05, 0) is 54.7 Å². The summed E-state index contributed by atoms with van der Waals surface area (Å²) in [5, 5.41) is 9.04. The van der Waals surface area contributed by atoms with Crippen molar-refractivity contribution in [1.29, 1.82) is 0 Å². The van der Waals surface area contributed by atoms with Gasteiger partial charge in [0.15, 0.2) is 23.6 Å². The predicted molar refractivity (Wildman–Crippen MR) is 151 cm³/mol. The van der Waals surface area contributed by atoms with E-state index in [1.54, 1.807) is 12.4 Å². The molecule has 0 aromatic heterocycles. The number of nitrogens with one attached hydrogen (secondary N) is 3. The maximum atomic E-state index is 14.7. The quantitative estimate of drug-likeness (QED) is 0.360. The van der Waals surface area contributed by atoms with Crippen molar-refractivity contribution in [3.8, 4) is 5.75 Å². The van der Waals surface area contributed by atoms with E-state index in [0.29, 0.717) is 17.6 Å². The van der Waals surface area contributed by atoms with E-state index in [2.05, 4.69) is 78.7 Å². The van der Waals surface area contributed by atoms with Crippen LogP contribution in [0.2, 0.25) is 0 Å². The number of hydrogen-bond donors (Lipinski definition) is 3. The molecular formula is C29H40FN5O3. The zero-order valence-electron chi connectivity index (χ0n) is 23.4. The van der Waals surface area contributed by atoms with Crippen molar-refractivity contribution in [2.24, 2.45) is 16.8 Å². The van der Waals surface area contributed by atoms with Gasteiger partial charge in [-0.1, -0.05) is 27.7 Å². The zero-order chi connectivity index (χ0) is 27.8. The summed E-state index contributed by atoms with van der Waals surface area (Å²) in [6.45, 7) is 13.0. The lowest BCUT2D eigenvalue weighted by Crippen LogP contribution is -2.34. The average molecular weight is 526 g/mol. The molecule has 1 unspecified atom stereocenters. The van der Waals surface area contributed by atoms with Crippen LogP contribution in [0.5, 0.6) is 5.75 Å². The van der Waals surface area contributed by atoms with Crippen LogP contribution in [0, 0.1) is 24.6 Å². The van der Waals surface area contributed by atoms with Crippen LogP contribution in [0.3, 0.4) is 0 Å². The average Bonchev–Trinajstić information content (AvgIpc) is 2.87. The molecule has 3 rings (SSSR count). The number of aryl methyl sites for hydroxylation is 1. The van der Waals surface area contributed by atoms with Gasteiger partial charge in [0.2, 0.25) is 0 Å². The molecule has 3 N–H and O–H groups in total. The van der Waals surface area contributed by atoms with Crippen LogP contribution in [0.25, 0.3) is 0 Å². The zero-order valence-corrected chi connectivity index (χ0v) is 23.4. The molecule has 0 spiro atoms. The molecule has 0 saturated carbocycles. The lowest BCUT2D eigenvalue weighted by Gasteiger charge is -2.30. The first-order chi connectivity index (χ1) is 18.1. The lowest BCUT2D eigenvalue weighted by molar-refractivity contribution is 0.0962. The summed E-state index contributed by atoms with van der Waals surface area (Å²) in [5.41, 5.74) is 3.89. The van der Waals surface area contributed by atoms with E-state index in [0.717, 1.165) is 18.8 Å². The van der Waals surface area contributed by atoms with Gasteiger partial charge in [-0.25, -0.2) is 9.38 Å². The number of hydrogen-bond acceptors (Lipinski definition) is 7. The molecule has 0 fully saturated rings. The minimum absolute atomic E-state index is 0.0174. The second-order valence-electron chi connectivity index (χ2n) is 10.3. The molecule has 1 atom stereocenters. The summed E-state index contributed by atoms with van der Waals surface area (Å²) in [6, 6.07) is 9.17. The number of rotatable bonds is 12. The van der Waals surface area contributed by atoms with Gasteiger partial charge in [0.25, 0.3) is 5.91 Å². The van der Waals surface area contributed by atoms with Crippen LogP contribution < -0.4 is 25.6 Å². The van der Waals surface area contributed by atoms with Gasteiger partial charge in [0.05, 0.1) is 13.3 Å². The maximum Gasteiger partial charge on any atom is 0.251 e. The third kappa shape index (κ3) is 7.63. The van der Waals surface area contributed by atoms with Gasteiger partial charge >= 0.3 is 0 Å². The van der Waals surface area contributed by atoms with E-state index < -0.39 is 5.82 Å². The summed E-state index contributed by atoms with van der Waals surface area (Å²) < 4.78 is 25.5. The summed E-state index contributed by atoms with van der Waals surface area (Å²) >= 11 is 0. The first-order valence-corrected chi connectivity index (χ1v) is 12.9. The highest BCUT2D eigenvalue weighted by Crippen LogP contribution is 2.27. The van der Waals surface area contributed by atoms with E-state index in [1.165, 1.54) is 37.5 Å². The van der Waals surface area contributed by atoms with E-state index in [1.807, 2.05) is 0 Å².